The molecule has 0 bridgehead atoms. The summed E-state index contributed by atoms with van der Waals surface area (Å²) in [5, 5.41) is 1.01. The molecule has 1 aliphatic heterocycles. The van der Waals surface area contributed by atoms with E-state index in [1.165, 1.54) is 11.3 Å². The van der Waals surface area contributed by atoms with Gasteiger partial charge >= 0.3 is 0 Å². The number of thiophene rings is 1. The van der Waals surface area contributed by atoms with Crippen LogP contribution in [-0.2, 0) is 0 Å². The fourth-order valence-electron chi connectivity index (χ4n) is 2.30. The molecule has 1 unspecified atom stereocenters. The van der Waals surface area contributed by atoms with Crippen molar-refractivity contribution in [1.29, 1.82) is 0 Å². The van der Waals surface area contributed by atoms with E-state index in [4.69, 9.17) is 4.74 Å². The number of Topliss-reactive ketones (excluding diaryl/α,β-unsaturated/α-hetero) is 1. The van der Waals surface area contributed by atoms with Crippen LogP contribution in [0.1, 0.15) is 23.0 Å². The zero-order chi connectivity index (χ0) is 13.4. The molecule has 0 aromatic carbocycles. The first-order valence-electron chi connectivity index (χ1n) is 6.38. The van der Waals surface area contributed by atoms with Gasteiger partial charge in [0.05, 0.1) is 4.88 Å². The smallest absolute Gasteiger partial charge is 0.214 e. The third kappa shape index (κ3) is 2.62. The van der Waals surface area contributed by atoms with E-state index >= 15 is 0 Å². The lowest BCUT2D eigenvalue weighted by Crippen LogP contribution is -2.21. The molecule has 0 aliphatic carbocycles. The van der Waals surface area contributed by atoms with Crippen LogP contribution in [0, 0.1) is 0 Å². The van der Waals surface area contributed by atoms with Crippen LogP contribution in [0.5, 0.6) is 5.88 Å². The average Bonchev–Trinajstić information content (AvgIpc) is 2.95. The number of fused-ring (bicyclic) bond motifs is 1. The minimum Gasteiger partial charge on any atom is -0.473 e. The molecule has 3 rings (SSSR count). The van der Waals surface area contributed by atoms with E-state index in [-0.39, 0.29) is 11.9 Å². The highest BCUT2D eigenvalue weighted by atomic mass is 32.1. The molecule has 0 amide bonds. The van der Waals surface area contributed by atoms with Gasteiger partial charge in [-0.2, -0.15) is 0 Å². The van der Waals surface area contributed by atoms with Crippen molar-refractivity contribution in [2.75, 3.05) is 20.1 Å². The van der Waals surface area contributed by atoms with Gasteiger partial charge in [-0.1, -0.05) is 0 Å². The van der Waals surface area contributed by atoms with Gasteiger partial charge in [0.2, 0.25) is 5.88 Å². The molecule has 3 heterocycles. The maximum absolute atomic E-state index is 11.4. The maximum atomic E-state index is 11.4. The molecule has 1 fully saturated rings. The van der Waals surface area contributed by atoms with Crippen LogP contribution in [0.2, 0.25) is 0 Å². The van der Waals surface area contributed by atoms with E-state index in [0.717, 1.165) is 34.6 Å². The van der Waals surface area contributed by atoms with Crippen LogP contribution in [0.3, 0.4) is 0 Å². The van der Waals surface area contributed by atoms with Gasteiger partial charge in [-0.05, 0) is 32.5 Å². The van der Waals surface area contributed by atoms with Gasteiger partial charge in [-0.15, -0.1) is 11.3 Å². The van der Waals surface area contributed by atoms with Crippen molar-refractivity contribution in [2.24, 2.45) is 0 Å². The van der Waals surface area contributed by atoms with E-state index in [1.807, 2.05) is 18.2 Å². The zero-order valence-corrected chi connectivity index (χ0v) is 11.9. The van der Waals surface area contributed by atoms with Gasteiger partial charge in [0, 0.05) is 24.5 Å². The fraction of sp³-hybridized carbons (Fsp3) is 0.429. The number of hydrogen-bond donors (Lipinski definition) is 0. The maximum Gasteiger partial charge on any atom is 0.214 e. The molecule has 0 N–H and O–H groups in total. The summed E-state index contributed by atoms with van der Waals surface area (Å²) in [7, 11) is 2.10. The second kappa shape index (κ2) is 4.90. The van der Waals surface area contributed by atoms with Gasteiger partial charge in [0.1, 0.15) is 10.9 Å². The van der Waals surface area contributed by atoms with Gasteiger partial charge in [0.15, 0.2) is 5.78 Å². The first-order chi connectivity index (χ1) is 9.11. The topological polar surface area (TPSA) is 42.4 Å². The van der Waals surface area contributed by atoms with Crippen LogP contribution in [0.25, 0.3) is 10.2 Å². The number of hydrogen-bond acceptors (Lipinski definition) is 5. The van der Waals surface area contributed by atoms with E-state index in [1.54, 1.807) is 6.92 Å². The first kappa shape index (κ1) is 12.6. The molecule has 1 aliphatic rings. The van der Waals surface area contributed by atoms with Gasteiger partial charge in [-0.25, -0.2) is 4.98 Å². The Kier molecular flexibility index (Phi) is 3.24. The molecule has 5 heteroatoms. The van der Waals surface area contributed by atoms with Crippen molar-refractivity contribution in [3.63, 3.8) is 0 Å². The number of likely N-dealkylation sites (N-methyl/N-ethyl adjacent to an activating group) is 1. The van der Waals surface area contributed by atoms with Crippen LogP contribution < -0.4 is 4.74 Å². The van der Waals surface area contributed by atoms with Crippen molar-refractivity contribution < 1.29 is 9.53 Å². The first-order valence-corrected chi connectivity index (χ1v) is 7.20. The van der Waals surface area contributed by atoms with E-state index in [9.17, 15) is 4.79 Å². The largest absolute Gasteiger partial charge is 0.473 e. The van der Waals surface area contributed by atoms with Gasteiger partial charge in [0.25, 0.3) is 0 Å². The Balaban J connectivity index is 1.83. The predicted octanol–water partition coefficient (Wildman–Crippen LogP) is 2.58. The Morgan fingerprint density at radius 1 is 1.53 bits per heavy atom. The summed E-state index contributed by atoms with van der Waals surface area (Å²) in [6.07, 6.45) is 1.27. The Labute approximate surface area is 116 Å². The molecule has 100 valence electrons. The minimum absolute atomic E-state index is 0.0860. The second-order valence-electron chi connectivity index (χ2n) is 5.00. The fourth-order valence-corrected chi connectivity index (χ4v) is 3.22. The van der Waals surface area contributed by atoms with E-state index in [0.29, 0.717) is 5.88 Å². The molecule has 19 heavy (non-hydrogen) atoms. The molecular formula is C14H16N2O2S. The highest BCUT2D eigenvalue weighted by Crippen LogP contribution is 2.27. The van der Waals surface area contributed by atoms with Crippen LogP contribution in [0.4, 0.5) is 0 Å². The molecule has 1 saturated heterocycles. The summed E-state index contributed by atoms with van der Waals surface area (Å²) in [4.78, 5) is 19.7. The summed E-state index contributed by atoms with van der Waals surface area (Å²) < 4.78 is 5.89. The highest BCUT2D eigenvalue weighted by Gasteiger charge is 2.21. The number of carbonyl (C=O) groups is 1. The van der Waals surface area contributed by atoms with Crippen molar-refractivity contribution in [3.05, 3.63) is 23.1 Å². The quantitative estimate of drug-likeness (QED) is 0.808. The third-order valence-corrected chi connectivity index (χ3v) is 4.49. The van der Waals surface area contributed by atoms with Crippen LogP contribution in [0.15, 0.2) is 18.2 Å². The predicted molar refractivity (Wildman–Crippen MR) is 76.2 cm³/mol. The molecule has 1 atom stereocenters. The number of likely N-dealkylation sites (tertiary alicyclic amines) is 1. The summed E-state index contributed by atoms with van der Waals surface area (Å²) in [6.45, 7) is 3.60. The Morgan fingerprint density at radius 2 is 2.37 bits per heavy atom. The molecule has 0 saturated carbocycles. The molecule has 2 aromatic heterocycles. The van der Waals surface area contributed by atoms with Crippen LogP contribution >= 0.6 is 11.3 Å². The zero-order valence-electron chi connectivity index (χ0n) is 11.0. The standard InChI is InChI=1S/C14H16N2O2S/c1-9(17)12-7-10-3-4-13(15-14(10)19-12)18-11-5-6-16(2)8-11/h3-4,7,11H,5-6,8H2,1-2H3. The summed E-state index contributed by atoms with van der Waals surface area (Å²) in [5.74, 6) is 0.743. The molecule has 0 spiro atoms. The number of rotatable bonds is 3. The van der Waals surface area contributed by atoms with Crippen molar-refractivity contribution in [1.82, 2.24) is 9.88 Å². The second-order valence-corrected chi connectivity index (χ2v) is 6.03. The number of ketones is 1. The molecule has 0 radical (unpaired) electrons. The van der Waals surface area contributed by atoms with Crippen LogP contribution in [-0.4, -0.2) is 41.9 Å². The lowest BCUT2D eigenvalue weighted by molar-refractivity contribution is 0.102. The van der Waals surface area contributed by atoms with E-state index in [2.05, 4.69) is 16.9 Å². The summed E-state index contributed by atoms with van der Waals surface area (Å²) in [5.41, 5.74) is 0. The monoisotopic (exact) mass is 276 g/mol. The lowest BCUT2D eigenvalue weighted by Gasteiger charge is -2.12. The average molecular weight is 276 g/mol. The van der Waals surface area contributed by atoms with Crippen molar-refractivity contribution in [2.45, 2.75) is 19.4 Å². The van der Waals surface area contributed by atoms with E-state index < -0.39 is 0 Å². The van der Waals surface area contributed by atoms with Crippen molar-refractivity contribution in [3.8, 4) is 5.88 Å². The summed E-state index contributed by atoms with van der Waals surface area (Å²) >= 11 is 1.43. The molecule has 4 nitrogen and oxygen atoms in total. The molecular weight excluding hydrogens is 260 g/mol. The van der Waals surface area contributed by atoms with Crippen molar-refractivity contribution >= 4 is 27.3 Å². The number of ether oxygens (including phenoxy) is 1. The lowest BCUT2D eigenvalue weighted by atomic mass is 10.3. The SMILES string of the molecule is CC(=O)c1cc2ccc(OC3CCN(C)C3)nc2s1. The number of aromatic nitrogens is 1. The Morgan fingerprint density at radius 3 is 3.05 bits per heavy atom. The minimum atomic E-state index is 0.0860. The Bertz CT molecular complexity index is 623. The number of carbonyl (C=O) groups excluding carboxylic acids is 1. The number of nitrogens with zero attached hydrogens (tertiary/aromatic N) is 2. The number of pyridine rings is 1. The third-order valence-electron chi connectivity index (χ3n) is 3.34. The highest BCUT2D eigenvalue weighted by molar-refractivity contribution is 7.20. The summed E-state index contributed by atoms with van der Waals surface area (Å²) in [6, 6.07) is 5.75. The Hall–Kier alpha value is -1.46. The van der Waals surface area contributed by atoms with Gasteiger partial charge in [-0.3, -0.25) is 4.79 Å². The molecule has 2 aromatic rings. The normalized spacial score (nSPS) is 20.0. The van der Waals surface area contributed by atoms with Gasteiger partial charge < -0.3 is 9.64 Å².